The van der Waals surface area contributed by atoms with Gasteiger partial charge in [-0.15, -0.1) is 0 Å². The second kappa shape index (κ2) is 17.1. The largest absolute Gasteiger partial charge is 0.488 e. The molecule has 0 bridgehead atoms. The minimum Gasteiger partial charge on any atom is -0.488 e. The molecule has 1 heterocycles. The van der Waals surface area contributed by atoms with Crippen molar-refractivity contribution in [3.63, 3.8) is 0 Å². The standard InChI is InChI=1S/C44H37N3O4S/c1-3-5-25-36(4-2)47-43(50)38(28-34-22-13-15-27-39(34)51-29-35-24-16-23-31-17-12-14-26-37(31)35)42(49)46-44(47)52-30-40(48)45-41(32-18-8-6-9-19-32)33-20-10-7-11-21-33/h3-28,41H,1,29-30H2,2H3,(H,45,48)/b25-5-,36-4+,38-28+. The summed E-state index contributed by atoms with van der Waals surface area (Å²) >= 11 is 1.02. The summed E-state index contributed by atoms with van der Waals surface area (Å²) in [6, 6.07) is 40.4. The van der Waals surface area contributed by atoms with Crippen LogP contribution in [0.1, 0.15) is 35.2 Å². The van der Waals surface area contributed by atoms with Gasteiger partial charge < -0.3 is 10.1 Å². The highest BCUT2D eigenvalue weighted by Crippen LogP contribution is 2.30. The smallest absolute Gasteiger partial charge is 0.285 e. The number of rotatable bonds is 12. The first-order valence-corrected chi connectivity index (χ1v) is 17.8. The van der Waals surface area contributed by atoms with Gasteiger partial charge in [0.2, 0.25) is 5.91 Å². The number of carbonyl (C=O) groups is 3. The Labute approximate surface area is 307 Å². The number of hydrogen-bond donors (Lipinski definition) is 1. The van der Waals surface area contributed by atoms with Crippen LogP contribution in [0.5, 0.6) is 5.75 Å². The second-order valence-corrected chi connectivity index (χ2v) is 12.7. The van der Waals surface area contributed by atoms with Crippen molar-refractivity contribution in [3.05, 3.63) is 192 Å². The Balaban J connectivity index is 1.26. The van der Waals surface area contributed by atoms with E-state index in [0.717, 1.165) is 39.2 Å². The number of allylic oxidation sites excluding steroid dienone is 4. The number of thioether (sulfide) groups is 1. The Morgan fingerprint density at radius 3 is 2.23 bits per heavy atom. The summed E-state index contributed by atoms with van der Waals surface area (Å²) in [6.07, 6.45) is 8.24. The molecule has 52 heavy (non-hydrogen) atoms. The molecule has 0 saturated carbocycles. The van der Waals surface area contributed by atoms with Gasteiger partial charge in [0, 0.05) is 11.3 Å². The molecule has 0 saturated heterocycles. The first-order chi connectivity index (χ1) is 25.5. The molecule has 1 aliphatic heterocycles. The van der Waals surface area contributed by atoms with Crippen LogP contribution in [0.15, 0.2) is 175 Å². The average Bonchev–Trinajstić information content (AvgIpc) is 3.18. The molecule has 5 aromatic carbocycles. The third kappa shape index (κ3) is 8.37. The van der Waals surface area contributed by atoms with Crippen molar-refractivity contribution in [3.8, 4) is 5.75 Å². The van der Waals surface area contributed by atoms with E-state index in [-0.39, 0.29) is 28.4 Å². The van der Waals surface area contributed by atoms with Crippen molar-refractivity contribution in [1.29, 1.82) is 0 Å². The average molecular weight is 704 g/mol. The van der Waals surface area contributed by atoms with E-state index in [1.165, 1.54) is 11.0 Å². The fourth-order valence-corrected chi connectivity index (χ4v) is 6.66. The van der Waals surface area contributed by atoms with E-state index in [1.54, 1.807) is 43.4 Å². The Morgan fingerprint density at radius 2 is 1.52 bits per heavy atom. The lowest BCUT2D eigenvalue weighted by Crippen LogP contribution is -2.42. The van der Waals surface area contributed by atoms with E-state index in [1.807, 2.05) is 97.1 Å². The molecule has 1 N–H and O–H groups in total. The quantitative estimate of drug-likeness (QED) is 0.0798. The van der Waals surface area contributed by atoms with Gasteiger partial charge in [0.15, 0.2) is 5.17 Å². The molecule has 0 fully saturated rings. The van der Waals surface area contributed by atoms with E-state index < -0.39 is 11.8 Å². The monoisotopic (exact) mass is 703 g/mol. The number of aliphatic imine (C=N–C) groups is 1. The number of amides is 3. The number of amidine groups is 1. The summed E-state index contributed by atoms with van der Waals surface area (Å²) in [4.78, 5) is 47.0. The first-order valence-electron chi connectivity index (χ1n) is 16.8. The van der Waals surface area contributed by atoms with Gasteiger partial charge in [-0.05, 0) is 52.6 Å². The third-order valence-corrected chi connectivity index (χ3v) is 9.33. The third-order valence-electron chi connectivity index (χ3n) is 8.39. The van der Waals surface area contributed by atoms with Gasteiger partial charge in [-0.3, -0.25) is 19.3 Å². The van der Waals surface area contributed by atoms with Crippen LogP contribution in [0.3, 0.4) is 0 Å². The lowest BCUT2D eigenvalue weighted by Gasteiger charge is -2.28. The maximum absolute atomic E-state index is 14.2. The van der Waals surface area contributed by atoms with Gasteiger partial charge in [0.25, 0.3) is 11.8 Å². The fourth-order valence-electron chi connectivity index (χ4n) is 5.85. The van der Waals surface area contributed by atoms with Gasteiger partial charge in [0.05, 0.1) is 11.8 Å². The van der Waals surface area contributed by atoms with Crippen LogP contribution in [-0.2, 0) is 21.0 Å². The van der Waals surface area contributed by atoms with Gasteiger partial charge in [-0.25, -0.2) is 0 Å². The Bertz CT molecular complexity index is 2180. The molecule has 0 atom stereocenters. The minimum absolute atomic E-state index is 0.0852. The number of nitrogens with zero attached hydrogens (tertiary/aromatic N) is 2. The van der Waals surface area contributed by atoms with Gasteiger partial charge >= 0.3 is 0 Å². The summed E-state index contributed by atoms with van der Waals surface area (Å²) in [7, 11) is 0. The molecular formula is C44H37N3O4S. The van der Waals surface area contributed by atoms with E-state index in [4.69, 9.17) is 4.74 Å². The summed E-state index contributed by atoms with van der Waals surface area (Å²) < 4.78 is 6.27. The molecule has 3 amide bonds. The number of hydrogen-bond acceptors (Lipinski definition) is 5. The number of para-hydroxylation sites is 1. The highest BCUT2D eigenvalue weighted by atomic mass is 32.2. The van der Waals surface area contributed by atoms with Crippen LogP contribution in [0.25, 0.3) is 16.8 Å². The van der Waals surface area contributed by atoms with E-state index >= 15 is 0 Å². The lowest BCUT2D eigenvalue weighted by atomic mass is 9.99. The van der Waals surface area contributed by atoms with Gasteiger partial charge in [0.1, 0.15) is 17.9 Å². The fraction of sp³-hybridized carbons (Fsp3) is 0.0909. The summed E-state index contributed by atoms with van der Waals surface area (Å²) in [6.45, 7) is 5.83. The molecule has 0 spiro atoms. The van der Waals surface area contributed by atoms with Crippen molar-refractivity contribution in [1.82, 2.24) is 10.2 Å². The number of carbonyl (C=O) groups excluding carboxylic acids is 3. The summed E-state index contributed by atoms with van der Waals surface area (Å²) in [5.41, 5.74) is 3.77. The predicted molar refractivity (Wildman–Crippen MR) is 210 cm³/mol. The first kappa shape index (κ1) is 35.6. The SMILES string of the molecule is C=C/C=C\C(=C/C)N1C(=O)/C(=C/c2ccccc2OCc2cccc3ccccc23)C(=O)N=C1SCC(=O)NC(c1ccccc1)c1ccccc1. The summed E-state index contributed by atoms with van der Waals surface area (Å²) in [5.74, 6) is -1.13. The van der Waals surface area contributed by atoms with E-state index in [9.17, 15) is 14.4 Å². The van der Waals surface area contributed by atoms with Crippen molar-refractivity contribution in [2.24, 2.45) is 4.99 Å². The molecule has 258 valence electrons. The normalized spacial score (nSPS) is 14.3. The minimum atomic E-state index is -0.706. The molecule has 0 aromatic heterocycles. The van der Waals surface area contributed by atoms with Crippen molar-refractivity contribution < 1.29 is 19.1 Å². The van der Waals surface area contributed by atoms with Crippen LogP contribution in [0.2, 0.25) is 0 Å². The molecule has 8 heteroatoms. The topological polar surface area (TPSA) is 88.1 Å². The van der Waals surface area contributed by atoms with Crippen LogP contribution < -0.4 is 10.1 Å². The van der Waals surface area contributed by atoms with Crippen LogP contribution >= 0.6 is 11.8 Å². The summed E-state index contributed by atoms with van der Waals surface area (Å²) in [5, 5.41) is 5.41. The van der Waals surface area contributed by atoms with Crippen molar-refractivity contribution >= 4 is 51.5 Å². The zero-order valence-corrected chi connectivity index (χ0v) is 29.5. The van der Waals surface area contributed by atoms with Gasteiger partial charge in [-0.2, -0.15) is 4.99 Å². The second-order valence-electron chi connectivity index (χ2n) is 11.8. The zero-order valence-electron chi connectivity index (χ0n) is 28.6. The van der Waals surface area contributed by atoms with Crippen molar-refractivity contribution in [2.45, 2.75) is 19.6 Å². The number of benzene rings is 5. The number of ether oxygens (including phenoxy) is 1. The maximum Gasteiger partial charge on any atom is 0.285 e. The Morgan fingerprint density at radius 1 is 0.865 bits per heavy atom. The maximum atomic E-state index is 14.2. The van der Waals surface area contributed by atoms with E-state index in [2.05, 4.69) is 35.1 Å². The highest BCUT2D eigenvalue weighted by Gasteiger charge is 2.35. The van der Waals surface area contributed by atoms with E-state index in [0.29, 0.717) is 23.6 Å². The van der Waals surface area contributed by atoms with Gasteiger partial charge in [-0.1, -0.05) is 158 Å². The Kier molecular flexibility index (Phi) is 11.7. The molecule has 1 aliphatic rings. The molecular weight excluding hydrogens is 667 g/mol. The van der Waals surface area contributed by atoms with Crippen LogP contribution in [-0.4, -0.2) is 33.5 Å². The van der Waals surface area contributed by atoms with Crippen LogP contribution in [0.4, 0.5) is 0 Å². The molecule has 0 aliphatic carbocycles. The van der Waals surface area contributed by atoms with Crippen molar-refractivity contribution in [2.75, 3.05) is 5.75 Å². The molecule has 0 unspecified atom stereocenters. The number of fused-ring (bicyclic) bond motifs is 1. The molecule has 7 nitrogen and oxygen atoms in total. The lowest BCUT2D eigenvalue weighted by molar-refractivity contribution is -0.126. The highest BCUT2D eigenvalue weighted by molar-refractivity contribution is 8.14. The molecule has 5 aromatic rings. The number of nitrogens with one attached hydrogen (secondary N) is 1. The molecule has 0 radical (unpaired) electrons. The zero-order chi connectivity index (χ0) is 36.3. The predicted octanol–water partition coefficient (Wildman–Crippen LogP) is 8.81. The Hall–Kier alpha value is -6.25. The molecule has 6 rings (SSSR count). The van der Waals surface area contributed by atoms with Crippen LogP contribution in [0, 0.1) is 0 Å².